The van der Waals surface area contributed by atoms with Crippen molar-refractivity contribution in [2.45, 2.75) is 77.7 Å². The summed E-state index contributed by atoms with van der Waals surface area (Å²) in [7, 11) is 3.02. The molecular weight excluding hydrogens is 542 g/mol. The van der Waals surface area contributed by atoms with E-state index in [1.807, 2.05) is 13.8 Å². The van der Waals surface area contributed by atoms with Crippen molar-refractivity contribution in [1.29, 1.82) is 0 Å². The summed E-state index contributed by atoms with van der Waals surface area (Å²) in [4.78, 5) is 67.7. The van der Waals surface area contributed by atoms with Gasteiger partial charge < -0.3 is 35.2 Å². The summed E-state index contributed by atoms with van der Waals surface area (Å²) in [5.41, 5.74) is 0.661. The highest BCUT2D eigenvalue weighted by molar-refractivity contribution is 5.96. The SMILES string of the molecule is COc1ccc2cc1/C=C\NC(=O)C(CC(C)C)NC(=O)C1C(CCN1C(=O)C(NC(=O)C(C)N(C)C=O)C(C)C)O2. The maximum atomic E-state index is 14.0. The Morgan fingerprint density at radius 1 is 1.19 bits per heavy atom. The Kier molecular flexibility index (Phi) is 11.0. The molecule has 0 spiro atoms. The summed E-state index contributed by atoms with van der Waals surface area (Å²) in [6.07, 6.45) is 3.74. The van der Waals surface area contributed by atoms with Gasteiger partial charge >= 0.3 is 0 Å². The van der Waals surface area contributed by atoms with Gasteiger partial charge in [0.2, 0.25) is 30.0 Å². The van der Waals surface area contributed by atoms with Crippen molar-refractivity contribution < 1.29 is 33.4 Å². The van der Waals surface area contributed by atoms with Crippen LogP contribution in [-0.2, 0) is 24.0 Å². The van der Waals surface area contributed by atoms with Crippen LogP contribution in [0.25, 0.3) is 6.08 Å². The van der Waals surface area contributed by atoms with Gasteiger partial charge in [-0.3, -0.25) is 24.0 Å². The Morgan fingerprint density at radius 3 is 2.52 bits per heavy atom. The van der Waals surface area contributed by atoms with Crippen LogP contribution in [0.5, 0.6) is 11.5 Å². The summed E-state index contributed by atoms with van der Waals surface area (Å²) in [6.45, 7) is 9.24. The van der Waals surface area contributed by atoms with Gasteiger partial charge in [-0.2, -0.15) is 0 Å². The molecule has 0 saturated carbocycles. The van der Waals surface area contributed by atoms with Gasteiger partial charge in [-0.1, -0.05) is 27.7 Å². The maximum absolute atomic E-state index is 14.0. The number of fused-ring (bicyclic) bond motifs is 3. The number of nitrogens with zero attached hydrogens (tertiary/aromatic N) is 2. The molecular formula is C30H43N5O7. The van der Waals surface area contributed by atoms with Crippen molar-refractivity contribution >= 4 is 36.1 Å². The molecule has 230 valence electrons. The van der Waals surface area contributed by atoms with Gasteiger partial charge in [-0.25, -0.2) is 0 Å². The lowest BCUT2D eigenvalue weighted by molar-refractivity contribution is -0.145. The summed E-state index contributed by atoms with van der Waals surface area (Å²) in [6, 6.07) is 1.52. The summed E-state index contributed by atoms with van der Waals surface area (Å²) in [5, 5.41) is 8.36. The summed E-state index contributed by atoms with van der Waals surface area (Å²) < 4.78 is 11.8. The first-order chi connectivity index (χ1) is 19.9. The van der Waals surface area contributed by atoms with Gasteiger partial charge in [0.25, 0.3) is 0 Å². The molecule has 0 radical (unpaired) electrons. The van der Waals surface area contributed by atoms with Crippen LogP contribution in [0.3, 0.4) is 0 Å². The molecule has 2 bridgehead atoms. The minimum Gasteiger partial charge on any atom is -0.496 e. The first-order valence-electron chi connectivity index (χ1n) is 14.3. The van der Waals surface area contributed by atoms with Crippen LogP contribution in [0.2, 0.25) is 0 Å². The molecule has 1 aromatic carbocycles. The smallest absolute Gasteiger partial charge is 0.247 e. The monoisotopic (exact) mass is 585 g/mol. The van der Waals surface area contributed by atoms with Crippen molar-refractivity contribution in [3.8, 4) is 11.5 Å². The number of carbonyl (C=O) groups is 5. The number of amides is 5. The minimum absolute atomic E-state index is 0.0937. The van der Waals surface area contributed by atoms with Crippen molar-refractivity contribution in [2.24, 2.45) is 11.8 Å². The van der Waals surface area contributed by atoms with Crippen LogP contribution in [0.4, 0.5) is 0 Å². The molecule has 5 atom stereocenters. The number of hydrogen-bond donors (Lipinski definition) is 3. The molecule has 1 saturated heterocycles. The fourth-order valence-electron chi connectivity index (χ4n) is 5.05. The van der Waals surface area contributed by atoms with Gasteiger partial charge in [-0.05, 0) is 49.5 Å². The number of likely N-dealkylation sites (N-methyl/N-ethyl adjacent to an activating group) is 1. The van der Waals surface area contributed by atoms with E-state index >= 15 is 0 Å². The number of rotatable bonds is 9. The van der Waals surface area contributed by atoms with E-state index in [1.165, 1.54) is 23.0 Å². The largest absolute Gasteiger partial charge is 0.496 e. The fraction of sp³-hybridized carbons (Fsp3) is 0.567. The molecule has 2 heterocycles. The van der Waals surface area contributed by atoms with Crippen molar-refractivity contribution in [3.05, 3.63) is 30.0 Å². The first-order valence-corrected chi connectivity index (χ1v) is 14.3. The van der Waals surface area contributed by atoms with Crippen LogP contribution >= 0.6 is 0 Å². The van der Waals surface area contributed by atoms with E-state index in [9.17, 15) is 24.0 Å². The molecule has 12 heteroatoms. The second-order valence-electron chi connectivity index (χ2n) is 11.5. The third-order valence-corrected chi connectivity index (χ3v) is 7.60. The van der Waals surface area contributed by atoms with E-state index in [2.05, 4.69) is 16.0 Å². The Labute approximate surface area is 247 Å². The second-order valence-corrected chi connectivity index (χ2v) is 11.5. The number of hydrogen-bond acceptors (Lipinski definition) is 7. The Morgan fingerprint density at radius 2 is 1.90 bits per heavy atom. The van der Waals surface area contributed by atoms with Crippen LogP contribution in [0.1, 0.15) is 53.0 Å². The number of carbonyl (C=O) groups excluding carboxylic acids is 5. The van der Waals surface area contributed by atoms with E-state index in [-0.39, 0.29) is 18.4 Å². The maximum Gasteiger partial charge on any atom is 0.247 e. The molecule has 2 aliphatic rings. The minimum atomic E-state index is -1.06. The van der Waals surface area contributed by atoms with Crippen LogP contribution in [0.15, 0.2) is 24.4 Å². The number of nitrogens with one attached hydrogen (secondary N) is 3. The molecule has 0 aliphatic carbocycles. The average molecular weight is 586 g/mol. The first kappa shape index (κ1) is 32.4. The van der Waals surface area contributed by atoms with Gasteiger partial charge in [0.15, 0.2) is 0 Å². The number of methoxy groups -OCH3 is 1. The van der Waals surface area contributed by atoms with E-state index in [4.69, 9.17) is 9.47 Å². The molecule has 5 unspecified atom stereocenters. The van der Waals surface area contributed by atoms with Gasteiger partial charge in [0, 0.05) is 31.8 Å². The Balaban J connectivity index is 1.99. The van der Waals surface area contributed by atoms with E-state index in [0.717, 1.165) is 0 Å². The second kappa shape index (κ2) is 14.2. The quantitative estimate of drug-likeness (QED) is 0.370. The van der Waals surface area contributed by atoms with Crippen molar-refractivity contribution in [3.63, 3.8) is 0 Å². The van der Waals surface area contributed by atoms with Crippen molar-refractivity contribution in [2.75, 3.05) is 20.7 Å². The van der Waals surface area contributed by atoms with Crippen molar-refractivity contribution in [1.82, 2.24) is 25.8 Å². The van der Waals surface area contributed by atoms with Gasteiger partial charge in [-0.15, -0.1) is 0 Å². The lowest BCUT2D eigenvalue weighted by Gasteiger charge is -2.33. The molecule has 5 amide bonds. The third kappa shape index (κ3) is 7.59. The summed E-state index contributed by atoms with van der Waals surface area (Å²) >= 11 is 0. The zero-order valence-electron chi connectivity index (χ0n) is 25.4. The average Bonchev–Trinajstić information content (AvgIpc) is 3.37. The standard InChI is InChI=1S/C30H43N5O7/c1-17(2)14-22-28(38)31-12-10-20-15-21(8-9-23(20)41-7)42-24-11-13-35(26(24)29(39)32-22)30(40)25(18(3)4)33-27(37)19(5)34(6)16-36/h8-10,12,15-19,22,24-26H,11,13-14H2,1-7H3,(H,31,38)(H,32,39)(H,33,37)/b12-10-. The molecule has 3 N–H and O–H groups in total. The normalized spacial score (nSPS) is 22.7. The van der Waals surface area contributed by atoms with Crippen LogP contribution < -0.4 is 25.4 Å². The molecule has 1 fully saturated rings. The summed E-state index contributed by atoms with van der Waals surface area (Å²) in [5.74, 6) is -1.04. The van der Waals surface area contributed by atoms with E-state index < -0.39 is 53.9 Å². The van der Waals surface area contributed by atoms with Crippen LogP contribution in [-0.4, -0.2) is 90.8 Å². The molecule has 2 aliphatic heterocycles. The zero-order chi connectivity index (χ0) is 31.1. The van der Waals surface area contributed by atoms with Crippen LogP contribution in [0, 0.1) is 11.8 Å². The van der Waals surface area contributed by atoms with Gasteiger partial charge in [0.05, 0.1) is 7.11 Å². The molecule has 0 aromatic heterocycles. The third-order valence-electron chi connectivity index (χ3n) is 7.60. The fourth-order valence-corrected chi connectivity index (χ4v) is 5.05. The topological polar surface area (TPSA) is 146 Å². The molecule has 12 nitrogen and oxygen atoms in total. The van der Waals surface area contributed by atoms with Gasteiger partial charge in [0.1, 0.15) is 41.8 Å². The highest BCUT2D eigenvalue weighted by Crippen LogP contribution is 2.30. The van der Waals surface area contributed by atoms with E-state index in [0.29, 0.717) is 36.3 Å². The Hall–Kier alpha value is -4.09. The number of ether oxygens (including phenoxy) is 2. The Bertz CT molecular complexity index is 1200. The highest BCUT2D eigenvalue weighted by atomic mass is 16.5. The molecule has 42 heavy (non-hydrogen) atoms. The zero-order valence-corrected chi connectivity index (χ0v) is 25.4. The number of benzene rings is 1. The van der Waals surface area contributed by atoms with E-state index in [1.54, 1.807) is 52.2 Å². The highest BCUT2D eigenvalue weighted by Gasteiger charge is 2.46. The molecule has 3 rings (SSSR count). The lowest BCUT2D eigenvalue weighted by atomic mass is 10.0. The number of likely N-dealkylation sites (tertiary alicyclic amines) is 1. The predicted octanol–water partition coefficient (Wildman–Crippen LogP) is 1.29. The molecule has 1 aromatic rings. The predicted molar refractivity (Wildman–Crippen MR) is 156 cm³/mol. The lowest BCUT2D eigenvalue weighted by Crippen LogP contribution is -2.60.